The van der Waals surface area contributed by atoms with Gasteiger partial charge in [-0.05, 0) is 47.0 Å². The number of halogens is 2. The molecule has 1 aliphatic carbocycles. The number of amides is 1. The normalized spacial score (nSPS) is 14.5. The van der Waals surface area contributed by atoms with Crippen LogP contribution in [0.3, 0.4) is 0 Å². The van der Waals surface area contributed by atoms with Gasteiger partial charge in [-0.2, -0.15) is 0 Å². The van der Waals surface area contributed by atoms with E-state index in [4.69, 9.17) is 11.6 Å². The van der Waals surface area contributed by atoms with Crippen LogP contribution in [0.5, 0.6) is 0 Å². The lowest BCUT2D eigenvalue weighted by Crippen LogP contribution is -2.33. The van der Waals surface area contributed by atoms with Crippen LogP contribution in [-0.4, -0.2) is 30.4 Å². The summed E-state index contributed by atoms with van der Waals surface area (Å²) in [4.78, 5) is 13.6. The first-order chi connectivity index (χ1) is 8.08. The Balaban J connectivity index is 1.90. The van der Waals surface area contributed by atoms with E-state index in [9.17, 15) is 4.79 Å². The van der Waals surface area contributed by atoms with Crippen LogP contribution in [0.15, 0.2) is 22.7 Å². The minimum atomic E-state index is 0.120. The molecule has 5 heteroatoms. The number of carbonyl (C=O) groups is 1. The molecule has 1 N–H and O–H groups in total. The lowest BCUT2D eigenvalue weighted by atomic mass is 10.3. The predicted octanol–water partition coefficient (Wildman–Crippen LogP) is 3.14. The highest BCUT2D eigenvalue weighted by molar-refractivity contribution is 9.10. The zero-order chi connectivity index (χ0) is 12.4. The summed E-state index contributed by atoms with van der Waals surface area (Å²) in [6.45, 7) is 0.313. The molecule has 0 bridgehead atoms. The van der Waals surface area contributed by atoms with Crippen molar-refractivity contribution in [3.05, 3.63) is 27.7 Å². The summed E-state index contributed by atoms with van der Waals surface area (Å²) >= 11 is 9.25. The minimum Gasteiger partial charge on any atom is -0.375 e. The smallest absolute Gasteiger partial charge is 0.241 e. The van der Waals surface area contributed by atoms with Gasteiger partial charge in [-0.15, -0.1) is 0 Å². The van der Waals surface area contributed by atoms with Crippen LogP contribution in [0.2, 0.25) is 5.02 Å². The zero-order valence-corrected chi connectivity index (χ0v) is 11.9. The molecule has 1 aromatic carbocycles. The first kappa shape index (κ1) is 12.7. The van der Waals surface area contributed by atoms with Gasteiger partial charge in [0, 0.05) is 28.3 Å². The van der Waals surface area contributed by atoms with Crippen molar-refractivity contribution in [2.24, 2.45) is 0 Å². The Bertz CT molecular complexity index is 435. The average Bonchev–Trinajstić information content (AvgIpc) is 3.10. The molecule has 0 atom stereocenters. The number of hydrogen-bond donors (Lipinski definition) is 1. The van der Waals surface area contributed by atoms with Gasteiger partial charge in [0.25, 0.3) is 0 Å². The Labute approximate surface area is 114 Å². The van der Waals surface area contributed by atoms with Gasteiger partial charge in [-0.3, -0.25) is 4.79 Å². The molecule has 0 heterocycles. The quantitative estimate of drug-likeness (QED) is 0.925. The van der Waals surface area contributed by atoms with Crippen LogP contribution in [0.1, 0.15) is 12.8 Å². The second-order valence-corrected chi connectivity index (χ2v) is 5.50. The second kappa shape index (κ2) is 5.27. The van der Waals surface area contributed by atoms with Gasteiger partial charge in [0.2, 0.25) is 5.91 Å². The molecule has 3 nitrogen and oxygen atoms in total. The van der Waals surface area contributed by atoms with Gasteiger partial charge in [-0.25, -0.2) is 0 Å². The Kier molecular flexibility index (Phi) is 3.94. The lowest BCUT2D eigenvalue weighted by molar-refractivity contribution is -0.128. The summed E-state index contributed by atoms with van der Waals surface area (Å²) in [7, 11) is 1.86. The molecule has 0 saturated heterocycles. The fourth-order valence-electron chi connectivity index (χ4n) is 1.59. The van der Waals surface area contributed by atoms with Crippen LogP contribution in [0.25, 0.3) is 0 Å². The molecule has 1 saturated carbocycles. The van der Waals surface area contributed by atoms with Gasteiger partial charge < -0.3 is 10.2 Å². The number of carbonyl (C=O) groups excluding carboxylic acids is 1. The highest BCUT2D eigenvalue weighted by Crippen LogP contribution is 2.27. The van der Waals surface area contributed by atoms with Gasteiger partial charge in [-0.1, -0.05) is 11.6 Å². The zero-order valence-electron chi connectivity index (χ0n) is 9.54. The number of likely N-dealkylation sites (N-methyl/N-ethyl adjacent to an activating group) is 1. The van der Waals surface area contributed by atoms with Gasteiger partial charge in [0.15, 0.2) is 0 Å². The van der Waals surface area contributed by atoms with Crippen molar-refractivity contribution in [2.75, 3.05) is 18.9 Å². The fraction of sp³-hybridized carbons (Fsp3) is 0.417. The molecule has 1 aromatic rings. The number of nitrogens with zero attached hydrogens (tertiary/aromatic N) is 1. The maximum absolute atomic E-state index is 11.8. The molecule has 1 fully saturated rings. The molecule has 0 unspecified atom stereocenters. The van der Waals surface area contributed by atoms with Crippen molar-refractivity contribution >= 4 is 39.1 Å². The minimum absolute atomic E-state index is 0.120. The topological polar surface area (TPSA) is 32.3 Å². The first-order valence-corrected chi connectivity index (χ1v) is 6.69. The largest absolute Gasteiger partial charge is 0.375 e. The molecule has 0 aliphatic heterocycles. The van der Waals surface area contributed by atoms with Crippen LogP contribution in [-0.2, 0) is 4.79 Å². The van der Waals surface area contributed by atoms with Crippen LogP contribution >= 0.6 is 27.5 Å². The molecule has 2 rings (SSSR count). The lowest BCUT2D eigenvalue weighted by Gasteiger charge is -2.17. The maximum atomic E-state index is 11.8. The summed E-state index contributed by atoms with van der Waals surface area (Å²) in [6.07, 6.45) is 2.26. The summed E-state index contributed by atoms with van der Waals surface area (Å²) in [6, 6.07) is 5.91. The van der Waals surface area contributed by atoms with E-state index in [1.807, 2.05) is 18.0 Å². The second-order valence-electron chi connectivity index (χ2n) is 4.21. The van der Waals surface area contributed by atoms with Crippen molar-refractivity contribution < 1.29 is 4.79 Å². The third-order valence-corrected chi connectivity index (χ3v) is 3.74. The van der Waals surface area contributed by atoms with Crippen LogP contribution in [0, 0.1) is 0 Å². The van der Waals surface area contributed by atoms with E-state index in [0.29, 0.717) is 17.6 Å². The van der Waals surface area contributed by atoms with Crippen molar-refractivity contribution in [3.63, 3.8) is 0 Å². The third-order valence-electron chi connectivity index (χ3n) is 2.85. The SMILES string of the molecule is CN(C(=O)CNc1ccc(Cl)cc1Br)C1CC1. The Morgan fingerprint density at radius 1 is 1.59 bits per heavy atom. The Hall–Kier alpha value is -0.740. The van der Waals surface area contributed by atoms with Crippen LogP contribution < -0.4 is 5.32 Å². The van der Waals surface area contributed by atoms with Gasteiger partial charge in [0.05, 0.1) is 6.54 Å². The highest BCUT2D eigenvalue weighted by Gasteiger charge is 2.29. The summed E-state index contributed by atoms with van der Waals surface area (Å²) in [5.74, 6) is 0.120. The molecular weight excluding hydrogens is 304 g/mol. The molecule has 1 aliphatic rings. The van der Waals surface area contributed by atoms with Gasteiger partial charge >= 0.3 is 0 Å². The molecule has 0 spiro atoms. The standard InChI is InChI=1S/C12H14BrClN2O/c1-16(9-3-4-9)12(17)7-15-11-5-2-8(14)6-10(11)13/h2,5-6,9,15H,3-4,7H2,1H3. The summed E-state index contributed by atoms with van der Waals surface area (Å²) < 4.78 is 0.867. The third kappa shape index (κ3) is 3.36. The predicted molar refractivity (Wildman–Crippen MR) is 73.4 cm³/mol. The molecular formula is C12H14BrClN2O. The van der Waals surface area contributed by atoms with Crippen molar-refractivity contribution in [3.8, 4) is 0 Å². The van der Waals surface area contributed by atoms with Crippen molar-refractivity contribution in [1.29, 1.82) is 0 Å². The molecule has 92 valence electrons. The van der Waals surface area contributed by atoms with Crippen molar-refractivity contribution in [2.45, 2.75) is 18.9 Å². The van der Waals surface area contributed by atoms with E-state index < -0.39 is 0 Å². The van der Waals surface area contributed by atoms with E-state index in [1.54, 1.807) is 12.1 Å². The van der Waals surface area contributed by atoms with Gasteiger partial charge in [0.1, 0.15) is 0 Å². The molecule has 0 aromatic heterocycles. The van der Waals surface area contributed by atoms with E-state index in [1.165, 1.54) is 0 Å². The number of nitrogens with one attached hydrogen (secondary N) is 1. The van der Waals surface area contributed by atoms with E-state index in [2.05, 4.69) is 21.2 Å². The molecule has 0 radical (unpaired) electrons. The van der Waals surface area contributed by atoms with Crippen LogP contribution in [0.4, 0.5) is 5.69 Å². The number of rotatable bonds is 4. The van der Waals surface area contributed by atoms with E-state index >= 15 is 0 Å². The first-order valence-electron chi connectivity index (χ1n) is 5.52. The van der Waals surface area contributed by atoms with E-state index in [0.717, 1.165) is 23.0 Å². The molecule has 1 amide bonds. The van der Waals surface area contributed by atoms with E-state index in [-0.39, 0.29) is 5.91 Å². The monoisotopic (exact) mass is 316 g/mol. The number of benzene rings is 1. The maximum Gasteiger partial charge on any atom is 0.241 e. The highest BCUT2D eigenvalue weighted by atomic mass is 79.9. The molecule has 17 heavy (non-hydrogen) atoms. The van der Waals surface area contributed by atoms with Crippen molar-refractivity contribution in [1.82, 2.24) is 4.90 Å². The average molecular weight is 318 g/mol. The number of anilines is 1. The summed E-state index contributed by atoms with van der Waals surface area (Å²) in [5, 5.41) is 3.78. The number of hydrogen-bond acceptors (Lipinski definition) is 2. The Morgan fingerprint density at radius 3 is 2.88 bits per heavy atom. The summed E-state index contributed by atoms with van der Waals surface area (Å²) in [5.41, 5.74) is 0.881. The Morgan fingerprint density at radius 2 is 2.29 bits per heavy atom. The fourth-order valence-corrected chi connectivity index (χ4v) is 2.42.